The van der Waals surface area contributed by atoms with E-state index < -0.39 is 0 Å². The zero-order chi connectivity index (χ0) is 19.2. The fourth-order valence-corrected chi connectivity index (χ4v) is 3.35. The quantitative estimate of drug-likeness (QED) is 0.614. The molecule has 8 heteroatoms. The van der Waals surface area contributed by atoms with Crippen molar-refractivity contribution >= 4 is 40.1 Å². The van der Waals surface area contributed by atoms with Crippen LogP contribution in [0.4, 0.5) is 5.13 Å². The molecular weight excluding hydrogens is 386 g/mol. The minimum Gasteiger partial charge on any atom is -0.497 e. The number of anilines is 1. The lowest BCUT2D eigenvalue weighted by Gasteiger charge is -2.07. The van der Waals surface area contributed by atoms with E-state index >= 15 is 0 Å². The molecule has 1 heterocycles. The molecule has 3 rings (SSSR count). The van der Waals surface area contributed by atoms with Gasteiger partial charge in [-0.05, 0) is 24.3 Å². The number of aromatic nitrogens is 2. The second-order valence-corrected chi connectivity index (χ2v) is 6.71. The summed E-state index contributed by atoms with van der Waals surface area (Å²) >= 11 is 7.41. The molecule has 1 amide bonds. The first-order valence-electron chi connectivity index (χ1n) is 7.90. The highest BCUT2D eigenvalue weighted by Crippen LogP contribution is 2.31. The molecule has 1 aromatic heterocycles. The summed E-state index contributed by atoms with van der Waals surface area (Å²) in [5, 5.41) is 12.4. The number of halogens is 1. The summed E-state index contributed by atoms with van der Waals surface area (Å²) in [5.74, 6) is 0.958. The number of carbonyl (C=O) groups excluding carboxylic acids is 1. The zero-order valence-electron chi connectivity index (χ0n) is 14.6. The average molecular weight is 402 g/mol. The van der Waals surface area contributed by atoms with Gasteiger partial charge in [0.25, 0.3) is 0 Å². The molecule has 0 atom stereocenters. The maximum Gasteiger partial charge on any atom is 0.250 e. The summed E-state index contributed by atoms with van der Waals surface area (Å²) in [5.41, 5.74) is 1.53. The highest BCUT2D eigenvalue weighted by Gasteiger charge is 2.11. The first kappa shape index (κ1) is 18.9. The van der Waals surface area contributed by atoms with Crippen LogP contribution in [0.2, 0.25) is 5.02 Å². The number of ether oxygens (including phenoxy) is 2. The largest absolute Gasteiger partial charge is 0.497 e. The van der Waals surface area contributed by atoms with Crippen LogP contribution in [-0.4, -0.2) is 30.3 Å². The van der Waals surface area contributed by atoms with E-state index in [1.807, 2.05) is 24.3 Å². The molecule has 0 saturated heterocycles. The molecule has 3 aromatic rings. The zero-order valence-corrected chi connectivity index (χ0v) is 16.2. The lowest BCUT2D eigenvalue weighted by Crippen LogP contribution is -2.07. The maximum atomic E-state index is 12.2. The van der Waals surface area contributed by atoms with E-state index in [-0.39, 0.29) is 5.91 Å². The molecule has 138 valence electrons. The van der Waals surface area contributed by atoms with Gasteiger partial charge in [-0.3, -0.25) is 10.1 Å². The first-order chi connectivity index (χ1) is 13.1. The van der Waals surface area contributed by atoms with Gasteiger partial charge in [0.1, 0.15) is 11.5 Å². The number of rotatable bonds is 6. The Balaban J connectivity index is 1.70. The van der Waals surface area contributed by atoms with Crippen LogP contribution in [0, 0.1) is 0 Å². The Hall–Kier alpha value is -2.90. The highest BCUT2D eigenvalue weighted by molar-refractivity contribution is 7.18. The highest BCUT2D eigenvalue weighted by atomic mass is 35.5. The van der Waals surface area contributed by atoms with Crippen molar-refractivity contribution in [3.8, 4) is 22.1 Å². The van der Waals surface area contributed by atoms with Crippen molar-refractivity contribution in [1.29, 1.82) is 0 Å². The summed E-state index contributed by atoms with van der Waals surface area (Å²) in [6.45, 7) is 0. The molecular formula is C19H16ClN3O3S. The van der Waals surface area contributed by atoms with Crippen molar-refractivity contribution in [1.82, 2.24) is 10.2 Å². The number of hydrogen-bond acceptors (Lipinski definition) is 6. The van der Waals surface area contributed by atoms with Crippen molar-refractivity contribution < 1.29 is 14.3 Å². The van der Waals surface area contributed by atoms with Gasteiger partial charge in [-0.25, -0.2) is 0 Å². The normalized spacial score (nSPS) is 10.8. The Morgan fingerprint density at radius 1 is 1.15 bits per heavy atom. The van der Waals surface area contributed by atoms with E-state index in [0.717, 1.165) is 11.1 Å². The number of carbonyl (C=O) groups is 1. The van der Waals surface area contributed by atoms with Gasteiger partial charge in [0.05, 0.1) is 19.2 Å². The van der Waals surface area contributed by atoms with Crippen LogP contribution < -0.4 is 14.8 Å². The number of amides is 1. The van der Waals surface area contributed by atoms with Gasteiger partial charge in [0, 0.05) is 23.3 Å². The van der Waals surface area contributed by atoms with Crippen molar-refractivity contribution in [3.05, 3.63) is 59.1 Å². The van der Waals surface area contributed by atoms with Gasteiger partial charge in [-0.2, -0.15) is 0 Å². The summed E-state index contributed by atoms with van der Waals surface area (Å²) in [6.07, 6.45) is 3.06. The molecule has 0 spiro atoms. The van der Waals surface area contributed by atoms with Gasteiger partial charge >= 0.3 is 0 Å². The van der Waals surface area contributed by atoms with Crippen molar-refractivity contribution in [2.24, 2.45) is 0 Å². The summed E-state index contributed by atoms with van der Waals surface area (Å²) < 4.78 is 10.5. The fourth-order valence-electron chi connectivity index (χ4n) is 2.29. The number of benzene rings is 2. The molecule has 6 nitrogen and oxygen atoms in total. The van der Waals surface area contributed by atoms with Gasteiger partial charge in [-0.15, -0.1) is 10.2 Å². The van der Waals surface area contributed by atoms with E-state index in [9.17, 15) is 4.79 Å². The molecule has 0 radical (unpaired) electrons. The third-order valence-corrected chi connectivity index (χ3v) is 4.82. The second kappa shape index (κ2) is 8.66. The van der Waals surface area contributed by atoms with Crippen molar-refractivity contribution in [2.75, 3.05) is 19.5 Å². The number of nitrogens with one attached hydrogen (secondary N) is 1. The molecule has 0 fully saturated rings. The van der Waals surface area contributed by atoms with Crippen LogP contribution in [-0.2, 0) is 4.79 Å². The summed E-state index contributed by atoms with van der Waals surface area (Å²) in [7, 11) is 3.14. The van der Waals surface area contributed by atoms with E-state index in [1.165, 1.54) is 17.4 Å². The number of nitrogens with zero attached hydrogens (tertiary/aromatic N) is 2. The van der Waals surface area contributed by atoms with Gasteiger partial charge in [-0.1, -0.05) is 41.1 Å². The number of methoxy groups -OCH3 is 2. The molecule has 27 heavy (non-hydrogen) atoms. The van der Waals surface area contributed by atoms with E-state index in [2.05, 4.69) is 15.5 Å². The summed E-state index contributed by atoms with van der Waals surface area (Å²) in [4.78, 5) is 12.2. The molecule has 2 aromatic carbocycles. The third kappa shape index (κ3) is 4.64. The van der Waals surface area contributed by atoms with Gasteiger partial charge < -0.3 is 9.47 Å². The second-order valence-electron chi connectivity index (χ2n) is 5.32. The Bertz CT molecular complexity index is 988. The van der Waals surface area contributed by atoms with Crippen LogP contribution in [0.15, 0.2) is 48.5 Å². The van der Waals surface area contributed by atoms with Crippen LogP contribution in [0.25, 0.3) is 16.6 Å². The van der Waals surface area contributed by atoms with E-state index in [4.69, 9.17) is 21.1 Å². The molecule has 0 aliphatic carbocycles. The lowest BCUT2D eigenvalue weighted by atomic mass is 10.1. The Kier molecular flexibility index (Phi) is 6.05. The number of hydrogen-bond donors (Lipinski definition) is 1. The van der Waals surface area contributed by atoms with Crippen LogP contribution in [0.5, 0.6) is 11.5 Å². The molecule has 0 unspecified atom stereocenters. The van der Waals surface area contributed by atoms with Crippen molar-refractivity contribution in [3.63, 3.8) is 0 Å². The topological polar surface area (TPSA) is 73.3 Å². The van der Waals surface area contributed by atoms with Crippen LogP contribution in [0.1, 0.15) is 5.56 Å². The smallest absolute Gasteiger partial charge is 0.250 e. The summed E-state index contributed by atoms with van der Waals surface area (Å²) in [6, 6.07) is 12.7. The first-order valence-corrected chi connectivity index (χ1v) is 9.09. The Morgan fingerprint density at radius 2 is 1.96 bits per heavy atom. The lowest BCUT2D eigenvalue weighted by molar-refractivity contribution is -0.111. The standard InChI is InChI=1S/C19H16ClN3O3S/c1-25-13-9-7-12(16(11-13)26-2)8-10-17(24)21-19-23-22-18(27-19)14-5-3-4-6-15(14)20/h3-11H,1-2H3,(H,21,23,24). The molecule has 0 bridgehead atoms. The van der Waals surface area contributed by atoms with Crippen LogP contribution >= 0.6 is 22.9 Å². The predicted octanol–water partition coefficient (Wildman–Crippen LogP) is 4.53. The van der Waals surface area contributed by atoms with Crippen LogP contribution in [0.3, 0.4) is 0 Å². The van der Waals surface area contributed by atoms with Gasteiger partial charge in [0.2, 0.25) is 11.0 Å². The average Bonchev–Trinajstić information content (AvgIpc) is 3.14. The predicted molar refractivity (Wildman–Crippen MR) is 108 cm³/mol. The molecule has 0 saturated carbocycles. The molecule has 0 aliphatic rings. The monoisotopic (exact) mass is 401 g/mol. The third-order valence-electron chi connectivity index (χ3n) is 3.61. The minimum atomic E-state index is -0.324. The minimum absolute atomic E-state index is 0.324. The van der Waals surface area contributed by atoms with Gasteiger partial charge in [0.15, 0.2) is 5.01 Å². The molecule has 0 aliphatic heterocycles. The Labute approximate surface area is 165 Å². The van der Waals surface area contributed by atoms with E-state index in [0.29, 0.717) is 26.7 Å². The SMILES string of the molecule is COc1ccc(C=CC(=O)Nc2nnc(-c3ccccc3Cl)s2)c(OC)c1. The maximum absolute atomic E-state index is 12.2. The van der Waals surface area contributed by atoms with E-state index in [1.54, 1.807) is 38.5 Å². The molecule has 1 N–H and O–H groups in total. The fraction of sp³-hybridized carbons (Fsp3) is 0.105. The Morgan fingerprint density at radius 3 is 2.70 bits per heavy atom. The van der Waals surface area contributed by atoms with Crippen molar-refractivity contribution in [2.45, 2.75) is 0 Å².